The Balaban J connectivity index is 0.000000257. The molecule has 0 saturated carbocycles. The monoisotopic (exact) mass is 477 g/mol. The van der Waals surface area contributed by atoms with Crippen LogP contribution < -0.4 is 4.74 Å². The van der Waals surface area contributed by atoms with Crippen molar-refractivity contribution in [3.8, 4) is 17.0 Å². The molecule has 0 aliphatic carbocycles. The van der Waals surface area contributed by atoms with Gasteiger partial charge in [-0.2, -0.15) is 18.3 Å². The molecule has 2 aromatic heterocycles. The van der Waals surface area contributed by atoms with Gasteiger partial charge in [-0.1, -0.05) is 53.6 Å². The summed E-state index contributed by atoms with van der Waals surface area (Å²) in [6, 6.07) is 13.5. The Morgan fingerprint density at radius 1 is 1.12 bits per heavy atom. The summed E-state index contributed by atoms with van der Waals surface area (Å²) in [5.41, 5.74) is 7.38. The number of methoxy groups -OCH3 is 1. The molecule has 7 nitrogen and oxygen atoms in total. The topological polar surface area (TPSA) is 101 Å². The molecule has 0 bridgehead atoms. The zero-order chi connectivity index (χ0) is 24.3. The second-order valence-corrected chi connectivity index (χ2v) is 7.25. The third-order valence-electron chi connectivity index (χ3n) is 4.44. The second kappa shape index (κ2) is 9.37. The molecule has 0 unspecified atom stereocenters. The van der Waals surface area contributed by atoms with E-state index in [2.05, 4.69) is 10.1 Å². The van der Waals surface area contributed by atoms with Crippen LogP contribution in [-0.4, -0.2) is 32.8 Å². The second-order valence-electron chi connectivity index (χ2n) is 6.84. The van der Waals surface area contributed by atoms with Crippen LogP contribution in [0.25, 0.3) is 22.6 Å². The van der Waals surface area contributed by atoms with Crippen molar-refractivity contribution in [1.29, 1.82) is 0 Å². The minimum atomic E-state index is -4.69. The molecule has 0 aliphatic heterocycles. The van der Waals surface area contributed by atoms with Crippen molar-refractivity contribution in [2.45, 2.75) is 13.1 Å². The van der Waals surface area contributed by atoms with Crippen LogP contribution in [0.3, 0.4) is 0 Å². The number of aromatic carboxylic acids is 1. The maximum absolute atomic E-state index is 13.3. The van der Waals surface area contributed by atoms with Gasteiger partial charge >= 0.3 is 12.1 Å². The van der Waals surface area contributed by atoms with Crippen molar-refractivity contribution in [2.75, 3.05) is 7.11 Å². The van der Waals surface area contributed by atoms with Gasteiger partial charge in [0.2, 0.25) is 0 Å². The van der Waals surface area contributed by atoms with Crippen molar-refractivity contribution in [3.63, 3.8) is 0 Å². The van der Waals surface area contributed by atoms with Crippen LogP contribution in [0, 0.1) is 6.92 Å². The Morgan fingerprint density at radius 2 is 1.79 bits per heavy atom. The van der Waals surface area contributed by atoms with E-state index in [1.165, 1.54) is 0 Å². The maximum Gasteiger partial charge on any atom is 0.433 e. The van der Waals surface area contributed by atoms with Crippen molar-refractivity contribution < 1.29 is 27.8 Å². The van der Waals surface area contributed by atoms with Crippen LogP contribution in [0.5, 0.6) is 5.75 Å². The Morgan fingerprint density at radius 3 is 2.33 bits per heavy atom. The number of fused-ring (bicyclic) bond motifs is 1. The van der Waals surface area contributed by atoms with Gasteiger partial charge in [-0.15, -0.1) is 5.69 Å². The van der Waals surface area contributed by atoms with Crippen molar-refractivity contribution in [1.82, 2.24) is 14.6 Å². The average Bonchev–Trinajstić information content (AvgIpc) is 3.18. The minimum absolute atomic E-state index is 0.0988. The molecule has 4 aromatic rings. The minimum Gasteiger partial charge on any atom is -0.699 e. The van der Waals surface area contributed by atoms with E-state index >= 15 is 0 Å². The molecule has 0 fully saturated rings. The van der Waals surface area contributed by atoms with E-state index < -0.39 is 23.5 Å². The number of nitrogens with zero attached hydrogens (tertiary/aromatic N) is 3. The first kappa shape index (κ1) is 23.9. The van der Waals surface area contributed by atoms with Crippen molar-refractivity contribution in [3.05, 3.63) is 82.3 Å². The van der Waals surface area contributed by atoms with Gasteiger partial charge < -0.3 is 15.6 Å². The SMILES string of the molecule is COc1ccc([NH-])cc1Cl.Cc1ccc(-c2cc(C(F)(F)F)n3nc(C(=O)O)cc3n2)cc1. The van der Waals surface area contributed by atoms with E-state index in [1.807, 2.05) is 6.92 Å². The number of hydrogen-bond acceptors (Lipinski definition) is 4. The van der Waals surface area contributed by atoms with Gasteiger partial charge in [-0.3, -0.25) is 0 Å². The van der Waals surface area contributed by atoms with Crippen LogP contribution in [0.4, 0.5) is 18.9 Å². The summed E-state index contributed by atoms with van der Waals surface area (Å²) in [4.78, 5) is 15.0. The first-order valence-electron chi connectivity index (χ1n) is 9.33. The average molecular weight is 478 g/mol. The molecule has 0 atom stereocenters. The molecule has 0 aliphatic rings. The number of carboxylic acids is 1. The number of benzene rings is 2. The molecule has 4 rings (SSSR count). The van der Waals surface area contributed by atoms with Crippen LogP contribution >= 0.6 is 11.6 Å². The van der Waals surface area contributed by atoms with Gasteiger partial charge in [0, 0.05) is 11.6 Å². The fourth-order valence-electron chi connectivity index (χ4n) is 2.82. The number of rotatable bonds is 3. The van der Waals surface area contributed by atoms with Crippen LogP contribution in [0.15, 0.2) is 54.6 Å². The third-order valence-corrected chi connectivity index (χ3v) is 4.73. The van der Waals surface area contributed by atoms with Crippen molar-refractivity contribution >= 4 is 28.9 Å². The first-order valence-corrected chi connectivity index (χ1v) is 9.71. The molecule has 172 valence electrons. The molecule has 0 saturated heterocycles. The largest absolute Gasteiger partial charge is 0.699 e. The van der Waals surface area contributed by atoms with Crippen LogP contribution in [0.1, 0.15) is 21.7 Å². The van der Waals surface area contributed by atoms with E-state index in [-0.39, 0.29) is 11.3 Å². The molecule has 2 heterocycles. The molecule has 0 amide bonds. The molecule has 2 aromatic carbocycles. The highest BCUT2D eigenvalue weighted by atomic mass is 35.5. The molecule has 0 radical (unpaired) electrons. The van der Waals surface area contributed by atoms with E-state index in [9.17, 15) is 18.0 Å². The number of carbonyl (C=O) groups is 1. The standard InChI is InChI=1S/C15H10F3N3O2.C7H7ClNO/c1-8-2-4-9(5-3-8)10-6-12(15(16,17)18)21-13(19-10)7-11(20-21)14(22)23;1-10-7-3-2-5(9)4-6(7)8/h2-7H,1H3,(H,22,23);2-4,9H,1H3/q;-1. The summed E-state index contributed by atoms with van der Waals surface area (Å²) in [6.45, 7) is 1.86. The Bertz CT molecular complexity index is 1300. The van der Waals surface area contributed by atoms with Gasteiger partial charge in [0.1, 0.15) is 5.75 Å². The lowest BCUT2D eigenvalue weighted by molar-refractivity contribution is -0.142. The normalized spacial score (nSPS) is 11.1. The summed E-state index contributed by atoms with van der Waals surface area (Å²) in [6.07, 6.45) is -4.69. The van der Waals surface area contributed by atoms with E-state index in [4.69, 9.17) is 27.2 Å². The summed E-state index contributed by atoms with van der Waals surface area (Å²) < 4.78 is 45.1. The first-order chi connectivity index (χ1) is 15.5. The fourth-order valence-corrected chi connectivity index (χ4v) is 3.08. The van der Waals surface area contributed by atoms with E-state index in [0.29, 0.717) is 26.5 Å². The lowest BCUT2D eigenvalue weighted by Crippen LogP contribution is -2.14. The molecular formula is C22H17ClF3N4O3-. The summed E-state index contributed by atoms with van der Waals surface area (Å²) in [7, 11) is 1.55. The number of aryl methyl sites for hydroxylation is 1. The highest BCUT2D eigenvalue weighted by Crippen LogP contribution is 2.32. The molecule has 11 heteroatoms. The number of carboxylic acid groups (broad SMARTS) is 1. The Hall–Kier alpha value is -3.79. The number of aromatic nitrogens is 3. The lowest BCUT2D eigenvalue weighted by Gasteiger charge is -2.11. The molecular weight excluding hydrogens is 461 g/mol. The Labute approximate surface area is 191 Å². The molecule has 0 spiro atoms. The number of nitrogens with one attached hydrogen (secondary N) is 1. The predicted octanol–water partition coefficient (Wildman–Crippen LogP) is 6.45. The van der Waals surface area contributed by atoms with Gasteiger partial charge in [0.25, 0.3) is 0 Å². The van der Waals surface area contributed by atoms with Gasteiger partial charge in [-0.05, 0) is 19.1 Å². The number of alkyl halides is 3. The van der Waals surface area contributed by atoms with Gasteiger partial charge in [0.15, 0.2) is 17.0 Å². The van der Waals surface area contributed by atoms with Gasteiger partial charge in [0.05, 0.1) is 17.8 Å². The van der Waals surface area contributed by atoms with Crippen molar-refractivity contribution in [2.24, 2.45) is 0 Å². The molecule has 2 N–H and O–H groups in total. The summed E-state index contributed by atoms with van der Waals surface area (Å²) in [5, 5.41) is 12.9. The number of hydrogen-bond donors (Lipinski definition) is 1. The number of ether oxygens (including phenoxy) is 1. The van der Waals surface area contributed by atoms with Crippen LogP contribution in [-0.2, 0) is 6.18 Å². The zero-order valence-corrected chi connectivity index (χ0v) is 18.1. The fraction of sp³-hybridized carbons (Fsp3) is 0.136. The van der Waals surface area contributed by atoms with Gasteiger partial charge in [-0.25, -0.2) is 14.3 Å². The number of halogens is 4. The summed E-state index contributed by atoms with van der Waals surface area (Å²) >= 11 is 5.68. The summed E-state index contributed by atoms with van der Waals surface area (Å²) in [5.74, 6) is -0.807. The Kier molecular flexibility index (Phi) is 6.78. The molecule has 33 heavy (non-hydrogen) atoms. The highest BCUT2D eigenvalue weighted by Gasteiger charge is 2.35. The third kappa shape index (κ3) is 5.53. The quantitative estimate of drug-likeness (QED) is 0.365. The predicted molar refractivity (Wildman–Crippen MR) is 117 cm³/mol. The smallest absolute Gasteiger partial charge is 0.433 e. The maximum atomic E-state index is 13.3. The zero-order valence-electron chi connectivity index (χ0n) is 17.3. The van der Waals surface area contributed by atoms with Crippen LogP contribution in [0.2, 0.25) is 5.02 Å². The highest BCUT2D eigenvalue weighted by molar-refractivity contribution is 6.32. The van der Waals surface area contributed by atoms with E-state index in [1.54, 1.807) is 49.6 Å². The van der Waals surface area contributed by atoms with E-state index in [0.717, 1.165) is 17.7 Å². The lowest BCUT2D eigenvalue weighted by atomic mass is 10.1.